The van der Waals surface area contributed by atoms with Crippen molar-refractivity contribution in [2.24, 2.45) is 10.9 Å². The number of ether oxygens (including phenoxy) is 1. The Morgan fingerprint density at radius 1 is 1.58 bits per heavy atom. The number of nitrogens with two attached hydrogens (primary N) is 1. The Labute approximate surface area is 77.1 Å². The molecule has 0 rings (SSSR count). The average molecular weight is 192 g/mol. The number of methoxy groups -OCH3 is 1. The van der Waals surface area contributed by atoms with Crippen LogP contribution in [0.2, 0.25) is 0 Å². The molecule has 0 amide bonds. The van der Waals surface area contributed by atoms with Crippen molar-refractivity contribution < 1.29 is 9.94 Å². The van der Waals surface area contributed by atoms with E-state index in [1.54, 1.807) is 7.11 Å². The van der Waals surface area contributed by atoms with Crippen LogP contribution in [0.4, 0.5) is 0 Å². The minimum atomic E-state index is 0.308. The quantitative estimate of drug-likeness (QED) is 0.207. The summed E-state index contributed by atoms with van der Waals surface area (Å²) in [5, 5.41) is 11.1. The summed E-state index contributed by atoms with van der Waals surface area (Å²) in [6.07, 6.45) is 1.61. The van der Waals surface area contributed by atoms with Crippen LogP contribution in [-0.4, -0.2) is 36.3 Å². The van der Waals surface area contributed by atoms with Crippen LogP contribution in [-0.2, 0) is 4.74 Å². The SMILES string of the molecule is COCCSCCC/C(N)=N/O. The summed E-state index contributed by atoms with van der Waals surface area (Å²) in [7, 11) is 1.69. The lowest BCUT2D eigenvalue weighted by Gasteiger charge is -1.99. The molecule has 12 heavy (non-hydrogen) atoms. The molecular formula is C7H16N2O2S. The molecule has 5 heteroatoms. The first-order valence-corrected chi connectivity index (χ1v) is 4.99. The molecule has 0 fully saturated rings. The first-order valence-electron chi connectivity index (χ1n) is 3.84. The molecule has 0 spiro atoms. The van der Waals surface area contributed by atoms with Crippen molar-refractivity contribution in [3.63, 3.8) is 0 Å². The van der Waals surface area contributed by atoms with Crippen molar-refractivity contribution in [3.05, 3.63) is 0 Å². The molecule has 0 aliphatic carbocycles. The largest absolute Gasteiger partial charge is 0.409 e. The van der Waals surface area contributed by atoms with Gasteiger partial charge in [-0.25, -0.2) is 0 Å². The van der Waals surface area contributed by atoms with Crippen LogP contribution >= 0.6 is 11.8 Å². The van der Waals surface area contributed by atoms with Gasteiger partial charge in [0.1, 0.15) is 5.84 Å². The number of rotatable bonds is 7. The molecule has 0 aromatic heterocycles. The highest BCUT2D eigenvalue weighted by Crippen LogP contribution is 2.03. The van der Waals surface area contributed by atoms with Gasteiger partial charge in [0.05, 0.1) is 6.61 Å². The summed E-state index contributed by atoms with van der Waals surface area (Å²) in [6, 6.07) is 0. The van der Waals surface area contributed by atoms with Crippen LogP contribution in [0.1, 0.15) is 12.8 Å². The van der Waals surface area contributed by atoms with Gasteiger partial charge < -0.3 is 15.7 Å². The second-order valence-electron chi connectivity index (χ2n) is 2.30. The van der Waals surface area contributed by atoms with Gasteiger partial charge in [0.25, 0.3) is 0 Å². The Hall–Kier alpha value is -0.420. The first kappa shape index (κ1) is 11.6. The van der Waals surface area contributed by atoms with Gasteiger partial charge in [0.2, 0.25) is 0 Å². The van der Waals surface area contributed by atoms with Gasteiger partial charge in [0, 0.05) is 19.3 Å². The van der Waals surface area contributed by atoms with Crippen LogP contribution in [0.25, 0.3) is 0 Å². The van der Waals surface area contributed by atoms with Crippen LogP contribution < -0.4 is 5.73 Å². The summed E-state index contributed by atoms with van der Waals surface area (Å²) in [6.45, 7) is 0.786. The third kappa shape index (κ3) is 7.68. The third-order valence-electron chi connectivity index (χ3n) is 1.28. The fraction of sp³-hybridized carbons (Fsp3) is 0.857. The number of oxime groups is 1. The van der Waals surface area contributed by atoms with Crippen molar-refractivity contribution in [2.45, 2.75) is 12.8 Å². The Morgan fingerprint density at radius 3 is 2.92 bits per heavy atom. The van der Waals surface area contributed by atoms with E-state index in [2.05, 4.69) is 5.16 Å². The monoisotopic (exact) mass is 192 g/mol. The Morgan fingerprint density at radius 2 is 2.33 bits per heavy atom. The van der Waals surface area contributed by atoms with Crippen molar-refractivity contribution in [1.29, 1.82) is 0 Å². The molecule has 72 valence electrons. The molecule has 0 heterocycles. The smallest absolute Gasteiger partial charge is 0.139 e. The van der Waals surface area contributed by atoms with E-state index in [9.17, 15) is 0 Å². The molecule has 0 saturated carbocycles. The predicted octanol–water partition coefficient (Wildman–Crippen LogP) is 0.893. The van der Waals surface area contributed by atoms with E-state index >= 15 is 0 Å². The molecule has 0 unspecified atom stereocenters. The van der Waals surface area contributed by atoms with Gasteiger partial charge in [-0.05, 0) is 12.2 Å². The minimum Gasteiger partial charge on any atom is -0.409 e. The van der Waals surface area contributed by atoms with Crippen molar-refractivity contribution in [3.8, 4) is 0 Å². The predicted molar refractivity (Wildman–Crippen MR) is 51.8 cm³/mol. The Kier molecular flexibility index (Phi) is 8.37. The number of hydrogen-bond donors (Lipinski definition) is 2. The number of nitrogens with zero attached hydrogens (tertiary/aromatic N) is 1. The Bertz CT molecular complexity index is 131. The topological polar surface area (TPSA) is 67.8 Å². The van der Waals surface area contributed by atoms with Gasteiger partial charge in [-0.15, -0.1) is 0 Å². The second kappa shape index (κ2) is 8.67. The van der Waals surface area contributed by atoms with E-state index < -0.39 is 0 Å². The van der Waals surface area contributed by atoms with Crippen molar-refractivity contribution in [1.82, 2.24) is 0 Å². The first-order chi connectivity index (χ1) is 5.81. The van der Waals surface area contributed by atoms with Crippen LogP contribution in [0.5, 0.6) is 0 Å². The fourth-order valence-electron chi connectivity index (χ4n) is 0.650. The lowest BCUT2D eigenvalue weighted by molar-refractivity contribution is 0.218. The van der Waals surface area contributed by atoms with E-state index in [0.29, 0.717) is 12.3 Å². The lowest BCUT2D eigenvalue weighted by atomic mass is 10.3. The molecular weight excluding hydrogens is 176 g/mol. The standard InChI is InChI=1S/C7H16N2O2S/c1-11-4-6-12-5-2-3-7(8)9-10/h10H,2-6H2,1H3,(H2,8,9). The molecule has 0 bridgehead atoms. The molecule has 0 saturated heterocycles. The van der Waals surface area contributed by atoms with Gasteiger partial charge in [-0.2, -0.15) is 11.8 Å². The number of thioether (sulfide) groups is 1. The molecule has 0 aromatic carbocycles. The fourth-order valence-corrected chi connectivity index (χ4v) is 1.49. The van der Waals surface area contributed by atoms with E-state index in [0.717, 1.165) is 24.5 Å². The maximum atomic E-state index is 8.21. The zero-order valence-electron chi connectivity index (χ0n) is 7.32. The highest BCUT2D eigenvalue weighted by Gasteiger charge is 1.93. The van der Waals surface area contributed by atoms with Gasteiger partial charge in [-0.1, -0.05) is 5.16 Å². The van der Waals surface area contributed by atoms with Crippen LogP contribution in [0.3, 0.4) is 0 Å². The summed E-state index contributed by atoms with van der Waals surface area (Å²) in [5.41, 5.74) is 5.28. The summed E-state index contributed by atoms with van der Waals surface area (Å²) in [4.78, 5) is 0. The molecule has 0 aliphatic rings. The van der Waals surface area contributed by atoms with Gasteiger partial charge in [0.15, 0.2) is 0 Å². The summed E-state index contributed by atoms with van der Waals surface area (Å²) < 4.78 is 4.88. The van der Waals surface area contributed by atoms with Crippen molar-refractivity contribution in [2.75, 3.05) is 25.2 Å². The molecule has 0 aliphatic heterocycles. The molecule has 0 radical (unpaired) electrons. The molecule has 3 N–H and O–H groups in total. The summed E-state index contributed by atoms with van der Waals surface area (Å²) >= 11 is 1.81. The molecule has 0 aromatic rings. The zero-order chi connectivity index (χ0) is 9.23. The van der Waals surface area contributed by atoms with E-state index in [1.807, 2.05) is 11.8 Å². The highest BCUT2D eigenvalue weighted by atomic mass is 32.2. The maximum Gasteiger partial charge on any atom is 0.139 e. The van der Waals surface area contributed by atoms with Gasteiger partial charge >= 0.3 is 0 Å². The van der Waals surface area contributed by atoms with E-state index in [-0.39, 0.29) is 0 Å². The normalized spacial score (nSPS) is 11.9. The number of hydrogen-bond acceptors (Lipinski definition) is 4. The second-order valence-corrected chi connectivity index (χ2v) is 3.52. The van der Waals surface area contributed by atoms with Crippen LogP contribution in [0, 0.1) is 0 Å². The average Bonchev–Trinajstić information content (AvgIpc) is 2.10. The Balaban J connectivity index is 3.00. The van der Waals surface area contributed by atoms with E-state index in [1.165, 1.54) is 0 Å². The number of amidine groups is 1. The van der Waals surface area contributed by atoms with Crippen molar-refractivity contribution >= 4 is 17.6 Å². The summed E-state index contributed by atoms with van der Waals surface area (Å²) in [5.74, 6) is 2.34. The van der Waals surface area contributed by atoms with Crippen LogP contribution in [0.15, 0.2) is 5.16 Å². The van der Waals surface area contributed by atoms with E-state index in [4.69, 9.17) is 15.7 Å². The molecule has 4 nitrogen and oxygen atoms in total. The molecule has 0 atom stereocenters. The third-order valence-corrected chi connectivity index (χ3v) is 2.31. The maximum absolute atomic E-state index is 8.21. The minimum absolute atomic E-state index is 0.308. The zero-order valence-corrected chi connectivity index (χ0v) is 8.14. The lowest BCUT2D eigenvalue weighted by Crippen LogP contribution is -2.11. The highest BCUT2D eigenvalue weighted by molar-refractivity contribution is 7.99. The van der Waals surface area contributed by atoms with Gasteiger partial charge in [-0.3, -0.25) is 0 Å².